The molecule has 0 bridgehead atoms. The Balaban J connectivity index is 1.08. The smallest absolute Gasteiger partial charge is 0.394 e. The van der Waals surface area contributed by atoms with E-state index in [1.807, 2.05) is 0 Å². The number of nitrogens with one attached hydrogen (secondary N) is 6. The van der Waals surface area contributed by atoms with Gasteiger partial charge in [-0.3, -0.25) is 37.9 Å². The Bertz CT molecular complexity index is 4070. The van der Waals surface area contributed by atoms with E-state index in [9.17, 15) is 177 Å². The molecule has 136 heavy (non-hydrogen) atoms. The van der Waals surface area contributed by atoms with Gasteiger partial charge in [-0.1, -0.05) is 0 Å². The monoisotopic (exact) mass is 2030 g/mol. The second kappa shape index (κ2) is 49.9. The molecule has 64 heteroatoms. The normalized spacial score (nSPS) is 43.5. The van der Waals surface area contributed by atoms with Crippen LogP contribution < -0.4 is 31.9 Å². The fourth-order valence-electron chi connectivity index (χ4n) is 16.7. The molecule has 9 rings (SSSR count). The molecule has 0 aromatic heterocycles. The van der Waals surface area contributed by atoms with E-state index < -0.39 is 423 Å². The minimum atomic E-state index is -5.47. The molecule has 0 spiro atoms. The molecule has 9 fully saturated rings. The van der Waals surface area contributed by atoms with E-state index in [0.717, 1.165) is 41.5 Å². The molecule has 788 valence electrons. The number of rotatable bonds is 41. The van der Waals surface area contributed by atoms with Crippen molar-refractivity contribution in [2.75, 3.05) is 66.1 Å². The van der Waals surface area contributed by atoms with Crippen LogP contribution in [-0.4, -0.2) is 550 Å². The van der Waals surface area contributed by atoms with Gasteiger partial charge >= 0.3 is 20.8 Å². The Morgan fingerprint density at radius 1 is 0.309 bits per heavy atom. The number of hydrogen-bond acceptors (Lipinski definition) is 54. The highest BCUT2D eigenvalue weighted by molar-refractivity contribution is 7.81. The maximum Gasteiger partial charge on any atom is 0.397 e. The SMILES string of the molecule is CC(=O)N[C@H]1[C@H](O[C@H]2[C@H](O)[C@@H](NC(C)=O)[C@H](O[C@@H]3[C@@H](OC[C@H]4O[C@@H](O[C@H]5[C@H](O)[C@@H](NC(C)=O)[C@H](O[C@@H]([C@H](O)[C@H](CO)NC(C)=O)[C@H](O)CO[C@@H]6O[C@@H](C)[C@@H](O)[C@@H](O)[C@@H]6O)O[C@@H]5CO)[C@@H](O)[C@@H](O[C@H]5O[C@H](CO)[C@@H](O)[C@H](O)[C@@H]5O[C@@H]5O[C@H](CO)[C@@H](O[C@@H]6O[C@H](CO)[C@H](OS(=O)(=O)O)[C@H](O)[C@H]6NC(C)=O)[C@H](O)[C@H]5NC(C)=O)[C@@H]4O)O[C@H](CO)[C@@H](O)[C@@H]3O)O[C@@H]2CO)O[C@H](CO)[C@H](OS(=O)(=O)O)[C@@H]1O. The fourth-order valence-corrected chi connectivity index (χ4v) is 17.7. The fraction of sp³-hybridized carbons (Fsp3) is 0.917. The summed E-state index contributed by atoms with van der Waals surface area (Å²) >= 11 is 0. The Hall–Kier alpha value is -5.12. The average molecular weight is 2030 g/mol. The second-order valence-electron chi connectivity index (χ2n) is 33.2. The van der Waals surface area contributed by atoms with Gasteiger partial charge in [0, 0.05) is 41.5 Å². The lowest BCUT2D eigenvalue weighted by Crippen LogP contribution is -2.71. The van der Waals surface area contributed by atoms with Crippen molar-refractivity contribution in [2.45, 2.75) is 349 Å². The molecule has 0 aromatic carbocycles. The van der Waals surface area contributed by atoms with Crippen molar-refractivity contribution in [3.8, 4) is 0 Å². The number of aliphatic hydroxyl groups excluding tert-OH is 24. The summed E-state index contributed by atoms with van der Waals surface area (Å²) < 4.78 is 183. The highest BCUT2D eigenvalue weighted by Crippen LogP contribution is 2.41. The molecule has 62 nitrogen and oxygen atoms in total. The minimum absolute atomic E-state index is 0.857. The molecule has 9 heterocycles. The summed E-state index contributed by atoms with van der Waals surface area (Å²) in [6.07, 6.45) is -95.6. The summed E-state index contributed by atoms with van der Waals surface area (Å²) in [6, 6.07) is -12.1. The third-order valence-electron chi connectivity index (χ3n) is 23.3. The van der Waals surface area contributed by atoms with Gasteiger partial charge in [0.25, 0.3) is 0 Å². The van der Waals surface area contributed by atoms with Crippen LogP contribution in [0.1, 0.15) is 48.5 Å². The first-order valence-electron chi connectivity index (χ1n) is 42.2. The average Bonchev–Trinajstić information content (AvgIpc) is 0.773. The van der Waals surface area contributed by atoms with Gasteiger partial charge in [-0.25, -0.2) is 8.37 Å². The molecule has 0 unspecified atom stereocenters. The van der Waals surface area contributed by atoms with Crippen LogP contribution in [0.25, 0.3) is 0 Å². The third kappa shape index (κ3) is 27.9. The Kier molecular flexibility index (Phi) is 42.0. The van der Waals surface area contributed by atoms with Gasteiger partial charge in [0.1, 0.15) is 232 Å². The first kappa shape index (κ1) is 114. The summed E-state index contributed by atoms with van der Waals surface area (Å²) in [6.45, 7) is -5.82. The Morgan fingerprint density at radius 3 is 0.985 bits per heavy atom. The van der Waals surface area contributed by atoms with Crippen LogP contribution >= 0.6 is 0 Å². The summed E-state index contributed by atoms with van der Waals surface area (Å²) in [7, 11) is -10.9. The van der Waals surface area contributed by atoms with Crippen LogP contribution in [0.3, 0.4) is 0 Å². The number of hydrogen-bond donors (Lipinski definition) is 32. The van der Waals surface area contributed by atoms with Crippen LogP contribution in [0.5, 0.6) is 0 Å². The van der Waals surface area contributed by atoms with Crippen molar-refractivity contribution < 1.29 is 271 Å². The quantitative estimate of drug-likeness (QED) is 0.0253. The van der Waals surface area contributed by atoms with Gasteiger partial charge < -0.3 is 240 Å². The topological polar surface area (TPSA) is 953 Å². The van der Waals surface area contributed by atoms with E-state index in [4.69, 9.17) is 85.3 Å². The van der Waals surface area contributed by atoms with Crippen LogP contribution in [0, 0.1) is 0 Å². The zero-order chi connectivity index (χ0) is 101. The Morgan fingerprint density at radius 2 is 0.625 bits per heavy atom. The van der Waals surface area contributed by atoms with Crippen LogP contribution in [0.15, 0.2) is 0 Å². The molecule has 9 aliphatic heterocycles. The predicted octanol–water partition coefficient (Wildman–Crippen LogP) is -21.6. The molecule has 9 saturated heterocycles. The van der Waals surface area contributed by atoms with E-state index in [0.29, 0.717) is 0 Å². The van der Waals surface area contributed by atoms with Gasteiger partial charge in [-0.2, -0.15) is 16.8 Å². The van der Waals surface area contributed by atoms with E-state index >= 15 is 0 Å². The summed E-state index contributed by atoms with van der Waals surface area (Å²) in [5, 5.41) is 287. The molecule has 0 radical (unpaired) electrons. The van der Waals surface area contributed by atoms with Crippen molar-refractivity contribution in [1.29, 1.82) is 0 Å². The van der Waals surface area contributed by atoms with Crippen molar-refractivity contribution in [3.05, 3.63) is 0 Å². The summed E-state index contributed by atoms with van der Waals surface area (Å²) in [4.78, 5) is 77.2. The van der Waals surface area contributed by atoms with Crippen molar-refractivity contribution in [1.82, 2.24) is 31.9 Å². The molecule has 9 aliphatic rings. The van der Waals surface area contributed by atoms with Crippen LogP contribution in [-0.2, 0) is 143 Å². The van der Waals surface area contributed by atoms with E-state index in [-0.39, 0.29) is 0 Å². The number of carbonyl (C=O) groups excluding carboxylic acids is 6. The number of amides is 6. The van der Waals surface area contributed by atoms with E-state index in [2.05, 4.69) is 40.3 Å². The molecule has 32 N–H and O–H groups in total. The van der Waals surface area contributed by atoms with Gasteiger partial charge in [0.2, 0.25) is 35.4 Å². The summed E-state index contributed by atoms with van der Waals surface area (Å²) in [5.41, 5.74) is 0. The molecule has 6 amide bonds. The van der Waals surface area contributed by atoms with Crippen molar-refractivity contribution >= 4 is 56.2 Å². The van der Waals surface area contributed by atoms with Gasteiger partial charge in [0.15, 0.2) is 56.6 Å². The zero-order valence-electron chi connectivity index (χ0n) is 73.1. The standard InChI is InChI=1S/C72H122N6O56S2/c1-18-40(94)50(104)53(107)69(117-18)115-16-26(93)55(41(95)25(8-79)73-19(2)87)126-64-35(74-20(3)88)47(101)58(31(13-84)120-64)129-70-54(108)61(130-72-63(52(106)43(97)28(10-81)119-72)132-68-37(76-22(5)90)46(100)57(30(12-83)122-68)128-66-39(78-24(7)92)49(103)60(33(15-86)124-66)134-136(112,113)114)44(98)34(125-70)17-116-71-62(51(105)42(96)27(9-80)118-71)131-67-36(75-21(4)89)45(99)56(29(11-82)121-67)127-65-38(77-23(6)91)48(102)59(32(14-85)123-65)133-135(109,110)111/h18,25-72,79-86,93-108H,8-17H2,1-7H3,(H,73,87)(H,74,88)(H,75,89)(H,76,90)(H,77,91)(H,78,92)(H,109,110,111)(H,112,113,114)/t18-,25-,26+,27+,28+,29+,30+,31+,32+,33+,34+,35+,36+,37+,38+,39+,40+,41+,42+,43+,44+,45+,46+,47+,48+,49+,50+,51-,52-,53-,54-,55+,56+,57+,58+,59-,60-,61-,62-,63-,64-,65-,66-,67-,68-,69+,70-,71-,72+/m0/s1. The van der Waals surface area contributed by atoms with Gasteiger partial charge in [-0.15, -0.1) is 0 Å². The minimum Gasteiger partial charge on any atom is -0.394 e. The van der Waals surface area contributed by atoms with Crippen LogP contribution in [0.4, 0.5) is 0 Å². The summed E-state index contributed by atoms with van der Waals surface area (Å²) in [5.74, 6) is -6.04. The van der Waals surface area contributed by atoms with Gasteiger partial charge in [-0.05, 0) is 6.92 Å². The first-order valence-corrected chi connectivity index (χ1v) is 44.9. The predicted molar refractivity (Wildman–Crippen MR) is 421 cm³/mol. The number of ether oxygens (including phenoxy) is 18. The maximum atomic E-state index is 13.3. The van der Waals surface area contributed by atoms with Crippen LogP contribution in [0.2, 0.25) is 0 Å². The molecular formula is C72H122N6O56S2. The molecular weight excluding hydrogens is 1910 g/mol. The highest BCUT2D eigenvalue weighted by Gasteiger charge is 2.62. The first-order chi connectivity index (χ1) is 63.8. The molecule has 0 aromatic rings. The molecule has 0 aliphatic carbocycles. The third-order valence-corrected chi connectivity index (χ3v) is 24.2. The lowest BCUT2D eigenvalue weighted by atomic mass is 9.94. The highest BCUT2D eigenvalue weighted by atomic mass is 32.3. The second-order valence-corrected chi connectivity index (χ2v) is 35.3. The maximum absolute atomic E-state index is 13.3. The number of carbonyl (C=O) groups is 6. The lowest BCUT2D eigenvalue weighted by Gasteiger charge is -2.51. The van der Waals surface area contributed by atoms with Crippen molar-refractivity contribution in [2.24, 2.45) is 0 Å². The zero-order valence-corrected chi connectivity index (χ0v) is 74.7. The van der Waals surface area contributed by atoms with Gasteiger partial charge in [0.05, 0.1) is 78.2 Å². The molecule has 0 saturated carbocycles. The Labute approximate surface area is 771 Å². The lowest BCUT2D eigenvalue weighted by molar-refractivity contribution is -0.397. The number of aliphatic hydroxyl groups is 24. The molecule has 49 atom stereocenters. The largest absolute Gasteiger partial charge is 0.397 e. The van der Waals surface area contributed by atoms with E-state index in [1.54, 1.807) is 0 Å². The van der Waals surface area contributed by atoms with Crippen molar-refractivity contribution in [3.63, 3.8) is 0 Å². The van der Waals surface area contributed by atoms with E-state index in [1.165, 1.54) is 6.92 Å².